The number of hydrogen-bond donors (Lipinski definition) is 1. The van der Waals surface area contributed by atoms with Gasteiger partial charge >= 0.3 is 6.09 Å². The van der Waals surface area contributed by atoms with E-state index in [1.165, 1.54) is 18.2 Å². The Morgan fingerprint density at radius 3 is 2.24 bits per heavy atom. The number of nitrogens with two attached hydrogens (primary N) is 1. The largest absolute Gasteiger partial charge is 0.444 e. The van der Waals surface area contributed by atoms with E-state index in [9.17, 15) is 9.59 Å². The molecule has 1 aromatic carbocycles. The molecule has 216 valence electrons. The number of carbonyl (C=O) groups is 2. The lowest BCUT2D eigenvalue weighted by atomic mass is 10.0. The van der Waals surface area contributed by atoms with Crippen LogP contribution in [-0.2, 0) is 16.6 Å². The summed E-state index contributed by atoms with van der Waals surface area (Å²) < 4.78 is 7.01. The minimum absolute atomic E-state index is 0.0980. The predicted octanol–water partition coefficient (Wildman–Crippen LogP) is 5.67. The number of amides is 2. The Morgan fingerprint density at radius 2 is 1.66 bits per heavy atom. The molecule has 4 heterocycles. The molecule has 10 nitrogen and oxygen atoms in total. The Bertz CT molecular complexity index is 1520. The van der Waals surface area contributed by atoms with E-state index in [0.717, 1.165) is 59.2 Å². The molecule has 0 unspecified atom stereocenters. The minimum atomic E-state index is -0.367. The molecular formula is C31H39N7O3. The fraction of sp³-hybridized carbons (Fsp3) is 0.387. The standard InChI is InChI=1S/C21H20N6O.C10H19NO2/c1-13(28)27(3)20-11-24-19-7-4-14(8-17(19)21(20)22)15-5-6-18(23-9-15)16-10-25-26(2)12-16;1-10(2,3)13-9(12)11-7-5-4-6-8-11/h4-12H,1-3H3,(H2,22,24);4-8H2,1-3H3. The van der Waals surface area contributed by atoms with Gasteiger partial charge in [0.25, 0.3) is 0 Å². The van der Waals surface area contributed by atoms with Crippen LogP contribution in [-0.4, -0.2) is 62.4 Å². The van der Waals surface area contributed by atoms with Gasteiger partial charge in [-0.1, -0.05) is 12.1 Å². The van der Waals surface area contributed by atoms with Crippen molar-refractivity contribution in [1.29, 1.82) is 0 Å². The Hall–Kier alpha value is -4.47. The molecule has 0 spiro atoms. The van der Waals surface area contributed by atoms with E-state index < -0.39 is 0 Å². The molecule has 0 aliphatic carbocycles. The zero-order chi connectivity index (χ0) is 29.7. The highest BCUT2D eigenvalue weighted by Crippen LogP contribution is 2.33. The third kappa shape index (κ3) is 7.39. The molecule has 0 radical (unpaired) electrons. The molecule has 0 atom stereocenters. The summed E-state index contributed by atoms with van der Waals surface area (Å²) >= 11 is 0. The lowest BCUT2D eigenvalue weighted by Crippen LogP contribution is -2.39. The summed E-state index contributed by atoms with van der Waals surface area (Å²) in [6, 6.07) is 9.89. The van der Waals surface area contributed by atoms with E-state index in [2.05, 4.69) is 15.1 Å². The zero-order valence-corrected chi connectivity index (χ0v) is 24.7. The van der Waals surface area contributed by atoms with Gasteiger partial charge in [0.05, 0.1) is 35.0 Å². The van der Waals surface area contributed by atoms with E-state index in [1.807, 2.05) is 70.5 Å². The summed E-state index contributed by atoms with van der Waals surface area (Å²) in [5, 5.41) is 4.99. The van der Waals surface area contributed by atoms with Crippen LogP contribution in [0.3, 0.4) is 0 Å². The normalized spacial score (nSPS) is 13.4. The molecule has 4 aromatic rings. The summed E-state index contributed by atoms with van der Waals surface area (Å²) in [6.07, 6.45) is 10.5. The number of pyridine rings is 2. The van der Waals surface area contributed by atoms with E-state index in [-0.39, 0.29) is 17.6 Å². The molecule has 1 saturated heterocycles. The summed E-state index contributed by atoms with van der Waals surface area (Å²) in [7, 11) is 3.57. The molecule has 1 fully saturated rings. The van der Waals surface area contributed by atoms with Crippen molar-refractivity contribution >= 4 is 34.3 Å². The van der Waals surface area contributed by atoms with Gasteiger partial charge in [0.2, 0.25) is 5.91 Å². The number of hydrogen-bond acceptors (Lipinski definition) is 7. The highest BCUT2D eigenvalue weighted by atomic mass is 16.6. The van der Waals surface area contributed by atoms with E-state index >= 15 is 0 Å². The number of benzene rings is 1. The van der Waals surface area contributed by atoms with Gasteiger partial charge < -0.3 is 20.3 Å². The number of piperidine rings is 1. The molecule has 1 aliphatic rings. The van der Waals surface area contributed by atoms with Gasteiger partial charge in [-0.2, -0.15) is 5.10 Å². The van der Waals surface area contributed by atoms with Crippen LogP contribution in [0.5, 0.6) is 0 Å². The molecule has 0 saturated carbocycles. The van der Waals surface area contributed by atoms with Gasteiger partial charge in [0.1, 0.15) is 5.60 Å². The van der Waals surface area contributed by atoms with Crippen LogP contribution < -0.4 is 10.6 Å². The predicted molar refractivity (Wildman–Crippen MR) is 162 cm³/mol. The lowest BCUT2D eigenvalue weighted by molar-refractivity contribution is -0.116. The number of ether oxygens (including phenoxy) is 1. The molecule has 1 aliphatic heterocycles. The Labute approximate surface area is 241 Å². The van der Waals surface area contributed by atoms with Crippen molar-refractivity contribution < 1.29 is 14.3 Å². The third-order valence-electron chi connectivity index (χ3n) is 6.83. The van der Waals surface area contributed by atoms with Crippen LogP contribution >= 0.6 is 0 Å². The maximum absolute atomic E-state index is 11.7. The number of rotatable bonds is 3. The molecule has 2 N–H and O–H groups in total. The van der Waals surface area contributed by atoms with Crippen molar-refractivity contribution in [2.75, 3.05) is 30.8 Å². The van der Waals surface area contributed by atoms with Crippen molar-refractivity contribution in [3.8, 4) is 22.4 Å². The van der Waals surface area contributed by atoms with Gasteiger partial charge in [-0.25, -0.2) is 4.79 Å². The van der Waals surface area contributed by atoms with E-state index in [1.54, 1.807) is 29.0 Å². The lowest BCUT2D eigenvalue weighted by Gasteiger charge is -2.29. The smallest absolute Gasteiger partial charge is 0.410 e. The first-order chi connectivity index (χ1) is 19.4. The highest BCUT2D eigenvalue weighted by Gasteiger charge is 2.23. The molecule has 41 heavy (non-hydrogen) atoms. The number of anilines is 2. The van der Waals surface area contributed by atoms with Crippen molar-refractivity contribution in [3.63, 3.8) is 0 Å². The molecule has 5 rings (SSSR count). The number of fused-ring (bicyclic) bond motifs is 1. The molecule has 2 amide bonds. The van der Waals surface area contributed by atoms with Gasteiger partial charge in [0.15, 0.2) is 0 Å². The van der Waals surface area contributed by atoms with Crippen molar-refractivity contribution in [2.24, 2.45) is 7.05 Å². The second-order valence-electron chi connectivity index (χ2n) is 11.2. The third-order valence-corrected chi connectivity index (χ3v) is 6.83. The van der Waals surface area contributed by atoms with Gasteiger partial charge in [-0.15, -0.1) is 0 Å². The first kappa shape index (κ1) is 29.5. The number of aromatic nitrogens is 4. The van der Waals surface area contributed by atoms with Crippen LogP contribution in [0.4, 0.5) is 16.2 Å². The van der Waals surface area contributed by atoms with Gasteiger partial charge in [0, 0.05) is 63.0 Å². The first-order valence-electron chi connectivity index (χ1n) is 13.8. The van der Waals surface area contributed by atoms with Crippen LogP contribution in [0.2, 0.25) is 0 Å². The minimum Gasteiger partial charge on any atom is -0.444 e. The fourth-order valence-corrected chi connectivity index (χ4v) is 4.51. The average Bonchev–Trinajstić information content (AvgIpc) is 3.39. The van der Waals surface area contributed by atoms with Crippen molar-refractivity contribution in [1.82, 2.24) is 24.6 Å². The number of likely N-dealkylation sites (tertiary alicyclic amines) is 1. The summed E-state index contributed by atoms with van der Waals surface area (Å²) in [5.41, 5.74) is 11.7. The fourth-order valence-electron chi connectivity index (χ4n) is 4.51. The maximum Gasteiger partial charge on any atom is 0.410 e. The summed E-state index contributed by atoms with van der Waals surface area (Å²) in [5.74, 6) is -0.0980. The highest BCUT2D eigenvalue weighted by molar-refractivity contribution is 6.03. The number of nitrogen functional groups attached to an aromatic ring is 1. The van der Waals surface area contributed by atoms with Crippen LogP contribution in [0, 0.1) is 0 Å². The SMILES string of the molecule is CC(=O)N(C)c1cnc2ccc(-c3ccc(-c4cnn(C)c4)nc3)cc2c1N.CC(C)(C)OC(=O)N1CCCCC1. The molecule has 3 aromatic heterocycles. The second-order valence-corrected chi connectivity index (χ2v) is 11.2. The second kappa shape index (κ2) is 12.4. The molecule has 0 bridgehead atoms. The number of aryl methyl sites for hydroxylation is 1. The number of nitrogens with zero attached hydrogens (tertiary/aromatic N) is 6. The van der Waals surface area contributed by atoms with Crippen LogP contribution in [0.15, 0.2) is 55.1 Å². The van der Waals surface area contributed by atoms with E-state index in [0.29, 0.717) is 11.4 Å². The monoisotopic (exact) mass is 557 g/mol. The van der Waals surface area contributed by atoms with E-state index in [4.69, 9.17) is 10.5 Å². The topological polar surface area (TPSA) is 119 Å². The molecule has 10 heteroatoms. The summed E-state index contributed by atoms with van der Waals surface area (Å²) in [4.78, 5) is 35.5. The zero-order valence-electron chi connectivity index (χ0n) is 24.7. The van der Waals surface area contributed by atoms with Gasteiger partial charge in [-0.05, 0) is 63.8 Å². The average molecular weight is 558 g/mol. The van der Waals surface area contributed by atoms with Crippen molar-refractivity contribution in [3.05, 3.63) is 55.1 Å². The first-order valence-corrected chi connectivity index (χ1v) is 13.8. The Morgan fingerprint density at radius 1 is 0.951 bits per heavy atom. The van der Waals surface area contributed by atoms with Crippen LogP contribution in [0.25, 0.3) is 33.3 Å². The Kier molecular flexibility index (Phi) is 8.90. The Balaban J connectivity index is 0.000000251. The maximum atomic E-state index is 11.7. The van der Waals surface area contributed by atoms with Gasteiger partial charge in [-0.3, -0.25) is 19.4 Å². The summed E-state index contributed by atoms with van der Waals surface area (Å²) in [6.45, 7) is 8.90. The van der Waals surface area contributed by atoms with Crippen LogP contribution in [0.1, 0.15) is 47.0 Å². The quantitative estimate of drug-likeness (QED) is 0.345. The van der Waals surface area contributed by atoms with Crippen molar-refractivity contribution in [2.45, 2.75) is 52.6 Å². The molecular weight excluding hydrogens is 518 g/mol. The number of carbonyl (C=O) groups excluding carboxylic acids is 2.